The Hall–Kier alpha value is -1.10. The minimum Gasteiger partial charge on any atom is -0.496 e. The largest absolute Gasteiger partial charge is 0.496 e. The highest BCUT2D eigenvalue weighted by molar-refractivity contribution is 5.41. The fraction of sp³-hybridized carbons (Fsp3) is 0.625. The molecule has 0 amide bonds. The maximum atomic E-state index is 5.48. The van der Waals surface area contributed by atoms with Gasteiger partial charge in [0, 0.05) is 25.2 Å². The van der Waals surface area contributed by atoms with E-state index in [1.807, 2.05) is 6.07 Å². The zero-order chi connectivity index (χ0) is 13.9. The summed E-state index contributed by atoms with van der Waals surface area (Å²) < 4.78 is 10.9. The third-order valence-corrected chi connectivity index (χ3v) is 4.58. The molecule has 110 valence electrons. The van der Waals surface area contributed by atoms with E-state index in [4.69, 9.17) is 9.47 Å². The lowest BCUT2D eigenvalue weighted by molar-refractivity contribution is 0.0138. The van der Waals surface area contributed by atoms with E-state index in [0.29, 0.717) is 12.1 Å². The van der Waals surface area contributed by atoms with Gasteiger partial charge in [0.25, 0.3) is 0 Å². The summed E-state index contributed by atoms with van der Waals surface area (Å²) in [5.41, 5.74) is 2.63. The van der Waals surface area contributed by atoms with Crippen LogP contribution in [-0.4, -0.2) is 50.9 Å². The Kier molecular flexibility index (Phi) is 4.24. The quantitative estimate of drug-likeness (QED) is 0.912. The van der Waals surface area contributed by atoms with Crippen LogP contribution in [0.3, 0.4) is 0 Å². The van der Waals surface area contributed by atoms with Gasteiger partial charge in [0.2, 0.25) is 0 Å². The Morgan fingerprint density at radius 3 is 2.85 bits per heavy atom. The van der Waals surface area contributed by atoms with Gasteiger partial charge < -0.3 is 14.8 Å². The zero-order valence-electron chi connectivity index (χ0n) is 12.4. The van der Waals surface area contributed by atoms with Crippen molar-refractivity contribution < 1.29 is 9.47 Å². The highest BCUT2D eigenvalue weighted by Crippen LogP contribution is 2.33. The second-order valence-corrected chi connectivity index (χ2v) is 5.61. The second-order valence-electron chi connectivity index (χ2n) is 5.61. The van der Waals surface area contributed by atoms with Crippen molar-refractivity contribution in [3.8, 4) is 5.75 Å². The monoisotopic (exact) mass is 276 g/mol. The summed E-state index contributed by atoms with van der Waals surface area (Å²) in [5, 5.41) is 3.67. The first kappa shape index (κ1) is 13.9. The number of hydrogen-bond acceptors (Lipinski definition) is 4. The van der Waals surface area contributed by atoms with E-state index >= 15 is 0 Å². The smallest absolute Gasteiger partial charge is 0.122 e. The van der Waals surface area contributed by atoms with Crippen molar-refractivity contribution in [3.05, 3.63) is 29.3 Å². The van der Waals surface area contributed by atoms with Crippen molar-refractivity contribution in [2.75, 3.05) is 40.0 Å². The third kappa shape index (κ3) is 2.55. The van der Waals surface area contributed by atoms with Gasteiger partial charge in [0.05, 0.1) is 20.3 Å². The van der Waals surface area contributed by atoms with Gasteiger partial charge in [-0.25, -0.2) is 0 Å². The molecule has 1 aromatic rings. The predicted octanol–water partition coefficient (Wildman–Crippen LogP) is 1.74. The van der Waals surface area contributed by atoms with Crippen LogP contribution in [0.25, 0.3) is 0 Å². The van der Waals surface area contributed by atoms with Crippen molar-refractivity contribution in [1.82, 2.24) is 10.2 Å². The fourth-order valence-electron chi connectivity index (χ4n) is 3.50. The average molecular weight is 276 g/mol. The van der Waals surface area contributed by atoms with E-state index < -0.39 is 0 Å². The van der Waals surface area contributed by atoms with Crippen molar-refractivity contribution in [3.63, 3.8) is 0 Å². The summed E-state index contributed by atoms with van der Waals surface area (Å²) >= 11 is 0. The molecule has 2 aliphatic heterocycles. The molecule has 0 radical (unpaired) electrons. The zero-order valence-corrected chi connectivity index (χ0v) is 12.4. The number of nitrogens with one attached hydrogen (secondary N) is 1. The van der Waals surface area contributed by atoms with E-state index in [9.17, 15) is 0 Å². The number of benzene rings is 1. The first-order valence-electron chi connectivity index (χ1n) is 7.50. The predicted molar refractivity (Wildman–Crippen MR) is 79.3 cm³/mol. The molecule has 0 aromatic heterocycles. The highest BCUT2D eigenvalue weighted by atomic mass is 16.5. The van der Waals surface area contributed by atoms with E-state index in [-0.39, 0.29) is 0 Å². The first-order valence-corrected chi connectivity index (χ1v) is 7.50. The molecule has 2 fully saturated rings. The van der Waals surface area contributed by atoms with E-state index in [1.165, 1.54) is 17.5 Å². The molecule has 2 atom stereocenters. The summed E-state index contributed by atoms with van der Waals surface area (Å²) in [6, 6.07) is 7.34. The van der Waals surface area contributed by atoms with E-state index in [0.717, 1.165) is 38.6 Å². The van der Waals surface area contributed by atoms with Crippen LogP contribution in [0.4, 0.5) is 0 Å². The molecule has 0 aliphatic carbocycles. The average Bonchev–Trinajstić information content (AvgIpc) is 2.97. The van der Waals surface area contributed by atoms with Gasteiger partial charge >= 0.3 is 0 Å². The number of hydrogen-bond donors (Lipinski definition) is 1. The van der Waals surface area contributed by atoms with Gasteiger partial charge in [0.15, 0.2) is 0 Å². The van der Waals surface area contributed by atoms with Crippen LogP contribution in [0.5, 0.6) is 5.75 Å². The molecule has 4 nitrogen and oxygen atoms in total. The fourth-order valence-corrected chi connectivity index (χ4v) is 3.50. The number of morpholine rings is 1. The molecule has 4 heteroatoms. The molecule has 0 spiro atoms. The van der Waals surface area contributed by atoms with Crippen LogP contribution in [0.2, 0.25) is 0 Å². The maximum Gasteiger partial charge on any atom is 0.122 e. The molecule has 20 heavy (non-hydrogen) atoms. The van der Waals surface area contributed by atoms with Crippen LogP contribution >= 0.6 is 0 Å². The first-order chi connectivity index (χ1) is 9.81. The highest BCUT2D eigenvalue weighted by Gasteiger charge is 2.34. The lowest BCUT2D eigenvalue weighted by Crippen LogP contribution is -2.45. The number of rotatable bonds is 3. The molecule has 0 saturated carbocycles. The topological polar surface area (TPSA) is 33.7 Å². The van der Waals surface area contributed by atoms with Crippen LogP contribution in [0, 0.1) is 6.92 Å². The lowest BCUT2D eigenvalue weighted by atomic mass is 9.95. The molecule has 1 aromatic carbocycles. The molecule has 0 bridgehead atoms. The minimum atomic E-state index is 0.406. The maximum absolute atomic E-state index is 5.48. The molecule has 3 rings (SSSR count). The van der Waals surface area contributed by atoms with Gasteiger partial charge in [-0.3, -0.25) is 4.90 Å². The number of methoxy groups -OCH3 is 1. The van der Waals surface area contributed by atoms with Gasteiger partial charge in [-0.15, -0.1) is 0 Å². The molecular weight excluding hydrogens is 252 g/mol. The molecular formula is C16H24N2O2. The van der Waals surface area contributed by atoms with Crippen molar-refractivity contribution >= 4 is 0 Å². The van der Waals surface area contributed by atoms with Crippen LogP contribution in [0.1, 0.15) is 23.6 Å². The molecule has 2 heterocycles. The molecule has 2 aliphatic rings. The van der Waals surface area contributed by atoms with Gasteiger partial charge in [-0.1, -0.05) is 12.1 Å². The Bertz CT molecular complexity index is 458. The number of nitrogens with zero attached hydrogens (tertiary/aromatic N) is 1. The van der Waals surface area contributed by atoms with Crippen molar-refractivity contribution in [2.45, 2.75) is 25.4 Å². The summed E-state index contributed by atoms with van der Waals surface area (Å²) in [7, 11) is 1.74. The normalized spacial score (nSPS) is 27.7. The van der Waals surface area contributed by atoms with Gasteiger partial charge in [0.1, 0.15) is 5.75 Å². The van der Waals surface area contributed by atoms with Crippen molar-refractivity contribution in [2.24, 2.45) is 0 Å². The van der Waals surface area contributed by atoms with E-state index in [2.05, 4.69) is 29.3 Å². The molecule has 2 saturated heterocycles. The Morgan fingerprint density at radius 1 is 1.30 bits per heavy atom. The van der Waals surface area contributed by atoms with Crippen molar-refractivity contribution in [1.29, 1.82) is 0 Å². The summed E-state index contributed by atoms with van der Waals surface area (Å²) in [6.07, 6.45) is 1.21. The Labute approximate surface area is 121 Å². The third-order valence-electron chi connectivity index (χ3n) is 4.58. The molecule has 1 N–H and O–H groups in total. The lowest BCUT2D eigenvalue weighted by Gasteiger charge is -2.36. The van der Waals surface area contributed by atoms with Crippen LogP contribution < -0.4 is 10.1 Å². The second kappa shape index (κ2) is 6.12. The van der Waals surface area contributed by atoms with Crippen LogP contribution in [0.15, 0.2) is 18.2 Å². The van der Waals surface area contributed by atoms with Gasteiger partial charge in [-0.2, -0.15) is 0 Å². The number of ether oxygens (including phenoxy) is 2. The molecule has 0 unspecified atom stereocenters. The Balaban J connectivity index is 1.84. The summed E-state index contributed by atoms with van der Waals surface area (Å²) in [6.45, 7) is 7.06. The SMILES string of the molecule is COc1cccc([C@H]2NCC[C@H]2N2CCOCC2)c1C. The summed E-state index contributed by atoms with van der Waals surface area (Å²) in [4.78, 5) is 2.58. The minimum absolute atomic E-state index is 0.406. The van der Waals surface area contributed by atoms with E-state index in [1.54, 1.807) is 7.11 Å². The van der Waals surface area contributed by atoms with Crippen LogP contribution in [-0.2, 0) is 4.74 Å². The van der Waals surface area contributed by atoms with Gasteiger partial charge in [-0.05, 0) is 37.1 Å². The Morgan fingerprint density at radius 2 is 2.10 bits per heavy atom. The standard InChI is InChI=1S/C16H24N2O2/c1-12-13(4-3-5-15(12)19-2)16-14(6-7-17-16)18-8-10-20-11-9-18/h3-5,14,16-17H,6-11H2,1-2H3/t14-,16-/m1/s1. The summed E-state index contributed by atoms with van der Waals surface area (Å²) in [5.74, 6) is 0.983.